The van der Waals surface area contributed by atoms with Gasteiger partial charge >= 0.3 is 0 Å². The minimum atomic E-state index is -3.30. The summed E-state index contributed by atoms with van der Waals surface area (Å²) in [5.74, 6) is 0. The van der Waals surface area contributed by atoms with Gasteiger partial charge in [-0.25, -0.2) is 0 Å². The summed E-state index contributed by atoms with van der Waals surface area (Å²) in [6, 6.07) is 0. The summed E-state index contributed by atoms with van der Waals surface area (Å²) in [6.07, 6.45) is 0.608. The number of rotatable bonds is 3. The van der Waals surface area contributed by atoms with Crippen molar-refractivity contribution in [1.29, 1.82) is 0 Å². The van der Waals surface area contributed by atoms with Crippen molar-refractivity contribution in [2.45, 2.75) is 6.92 Å². The first kappa shape index (κ1) is 9.63. The Morgan fingerprint density at radius 2 is 1.92 bits per heavy atom. The van der Waals surface area contributed by atoms with Crippen molar-refractivity contribution in [1.82, 2.24) is 8.61 Å². The van der Waals surface area contributed by atoms with Gasteiger partial charge in [0, 0.05) is 19.6 Å². The second-order valence-electron chi connectivity index (χ2n) is 2.52. The van der Waals surface area contributed by atoms with Gasteiger partial charge in [0.2, 0.25) is 0 Å². The fourth-order valence-electron chi connectivity index (χ4n) is 1.21. The summed E-state index contributed by atoms with van der Waals surface area (Å²) in [6.45, 7) is 3.14. The van der Waals surface area contributed by atoms with Crippen LogP contribution in [-0.4, -0.2) is 49.5 Å². The zero-order valence-electron chi connectivity index (χ0n) is 6.93. The molecule has 0 radical (unpaired) electrons. The Kier molecular flexibility index (Phi) is 2.81. The largest absolute Gasteiger partial charge is 0.302 e. The molecular formula is C6H12N2O3S. The Balaban J connectivity index is 2.78. The lowest BCUT2D eigenvalue weighted by Crippen LogP contribution is -2.33. The van der Waals surface area contributed by atoms with E-state index in [4.69, 9.17) is 0 Å². The van der Waals surface area contributed by atoms with Gasteiger partial charge in [-0.2, -0.15) is 17.0 Å². The highest BCUT2D eigenvalue weighted by atomic mass is 32.2. The molecule has 0 aromatic rings. The fraction of sp³-hybridized carbons (Fsp3) is 0.833. The highest BCUT2D eigenvalue weighted by Crippen LogP contribution is 2.14. The third kappa shape index (κ3) is 1.50. The Morgan fingerprint density at radius 1 is 1.33 bits per heavy atom. The number of nitrogens with zero attached hydrogens (tertiary/aromatic N) is 2. The molecule has 1 saturated heterocycles. The standard InChI is InChI=1S/C6H12N2O3S/c1-2-7-3-4-8(5-6-9)12(7,10)11/h6H,2-5H2,1H3. The van der Waals surface area contributed by atoms with E-state index in [2.05, 4.69) is 0 Å². The molecule has 1 aliphatic heterocycles. The van der Waals surface area contributed by atoms with Crippen molar-refractivity contribution >= 4 is 16.5 Å². The first-order valence-corrected chi connectivity index (χ1v) is 5.21. The Labute approximate surface area is 72.1 Å². The summed E-state index contributed by atoms with van der Waals surface area (Å²) in [7, 11) is -3.30. The van der Waals surface area contributed by atoms with Gasteiger partial charge in [0.1, 0.15) is 6.29 Å². The van der Waals surface area contributed by atoms with Crippen LogP contribution < -0.4 is 0 Å². The topological polar surface area (TPSA) is 57.7 Å². The van der Waals surface area contributed by atoms with Crippen molar-refractivity contribution < 1.29 is 13.2 Å². The second kappa shape index (κ2) is 3.51. The zero-order valence-corrected chi connectivity index (χ0v) is 7.75. The molecule has 1 heterocycles. The van der Waals surface area contributed by atoms with Crippen LogP contribution >= 0.6 is 0 Å². The molecule has 0 aliphatic carbocycles. The van der Waals surface area contributed by atoms with Crippen molar-refractivity contribution in [3.8, 4) is 0 Å². The lowest BCUT2D eigenvalue weighted by Gasteiger charge is -2.14. The average Bonchev–Trinajstić information content (AvgIpc) is 2.28. The van der Waals surface area contributed by atoms with E-state index < -0.39 is 10.2 Å². The Morgan fingerprint density at radius 3 is 2.33 bits per heavy atom. The SMILES string of the molecule is CCN1CCN(CC=O)S1(=O)=O. The number of carbonyl (C=O) groups excluding carboxylic acids is 1. The number of hydrogen-bond acceptors (Lipinski definition) is 3. The van der Waals surface area contributed by atoms with E-state index in [0.717, 1.165) is 0 Å². The summed E-state index contributed by atoms with van der Waals surface area (Å²) < 4.78 is 25.4. The van der Waals surface area contributed by atoms with E-state index in [1.165, 1.54) is 8.61 Å². The van der Waals surface area contributed by atoms with Gasteiger partial charge in [-0.15, -0.1) is 0 Å². The lowest BCUT2D eigenvalue weighted by atomic mass is 10.5. The summed E-state index contributed by atoms with van der Waals surface area (Å²) in [5, 5.41) is 0. The third-order valence-corrected chi connectivity index (χ3v) is 3.96. The number of aldehydes is 1. The minimum absolute atomic E-state index is 0.0289. The molecule has 0 atom stereocenters. The van der Waals surface area contributed by atoms with Crippen LogP contribution in [0.1, 0.15) is 6.92 Å². The maximum atomic E-state index is 11.4. The quantitative estimate of drug-likeness (QED) is 0.543. The molecular weight excluding hydrogens is 180 g/mol. The van der Waals surface area contributed by atoms with Gasteiger partial charge in [-0.3, -0.25) is 0 Å². The van der Waals surface area contributed by atoms with Crippen LogP contribution in [0.5, 0.6) is 0 Å². The predicted molar refractivity (Wildman–Crippen MR) is 43.8 cm³/mol. The molecule has 5 nitrogen and oxygen atoms in total. The maximum Gasteiger partial charge on any atom is 0.282 e. The van der Waals surface area contributed by atoms with Crippen LogP contribution in [0, 0.1) is 0 Å². The van der Waals surface area contributed by atoms with Crippen LogP contribution in [0.2, 0.25) is 0 Å². The molecule has 0 unspecified atom stereocenters. The second-order valence-corrected chi connectivity index (χ2v) is 4.45. The molecule has 70 valence electrons. The highest BCUT2D eigenvalue weighted by molar-refractivity contribution is 7.87. The van der Waals surface area contributed by atoms with E-state index in [1.807, 2.05) is 0 Å². The van der Waals surface area contributed by atoms with E-state index >= 15 is 0 Å². The average molecular weight is 192 g/mol. The first-order chi connectivity index (χ1) is 5.62. The van der Waals surface area contributed by atoms with Gasteiger partial charge < -0.3 is 4.79 Å². The van der Waals surface area contributed by atoms with E-state index in [-0.39, 0.29) is 6.54 Å². The molecule has 1 aliphatic rings. The molecule has 12 heavy (non-hydrogen) atoms. The molecule has 0 spiro atoms. The van der Waals surface area contributed by atoms with Crippen molar-refractivity contribution in [3.63, 3.8) is 0 Å². The van der Waals surface area contributed by atoms with Crippen LogP contribution in [0.15, 0.2) is 0 Å². The molecule has 0 saturated carbocycles. The Bertz CT molecular complexity index is 262. The van der Waals surface area contributed by atoms with Crippen LogP contribution in [0.4, 0.5) is 0 Å². The highest BCUT2D eigenvalue weighted by Gasteiger charge is 2.34. The summed E-state index contributed by atoms with van der Waals surface area (Å²) in [4.78, 5) is 10.1. The van der Waals surface area contributed by atoms with Crippen LogP contribution in [0.3, 0.4) is 0 Å². The molecule has 0 amide bonds. The molecule has 1 fully saturated rings. The molecule has 0 bridgehead atoms. The van der Waals surface area contributed by atoms with Gasteiger partial charge in [0.25, 0.3) is 10.2 Å². The summed E-state index contributed by atoms with van der Waals surface area (Å²) in [5.41, 5.74) is 0. The van der Waals surface area contributed by atoms with Gasteiger partial charge in [0.05, 0.1) is 6.54 Å². The van der Waals surface area contributed by atoms with E-state index in [0.29, 0.717) is 25.9 Å². The lowest BCUT2D eigenvalue weighted by molar-refractivity contribution is -0.108. The first-order valence-electron chi connectivity index (χ1n) is 3.81. The fourth-order valence-corrected chi connectivity index (χ4v) is 2.73. The van der Waals surface area contributed by atoms with Crippen molar-refractivity contribution in [2.75, 3.05) is 26.2 Å². The zero-order chi connectivity index (χ0) is 9.19. The number of likely N-dealkylation sites (N-methyl/N-ethyl adjacent to an activating group) is 1. The molecule has 0 N–H and O–H groups in total. The van der Waals surface area contributed by atoms with E-state index in [9.17, 15) is 13.2 Å². The normalized spacial score (nSPS) is 24.4. The number of hydrogen-bond donors (Lipinski definition) is 0. The van der Waals surface area contributed by atoms with Crippen LogP contribution in [0.25, 0.3) is 0 Å². The smallest absolute Gasteiger partial charge is 0.282 e. The van der Waals surface area contributed by atoms with Gasteiger partial charge in [0.15, 0.2) is 0 Å². The molecule has 0 aromatic heterocycles. The van der Waals surface area contributed by atoms with Gasteiger partial charge in [-0.1, -0.05) is 6.92 Å². The predicted octanol–water partition coefficient (Wildman–Crippen LogP) is -0.932. The van der Waals surface area contributed by atoms with Crippen LogP contribution in [-0.2, 0) is 15.0 Å². The monoisotopic (exact) mass is 192 g/mol. The molecule has 0 aromatic carbocycles. The maximum absolute atomic E-state index is 11.4. The van der Waals surface area contributed by atoms with Gasteiger partial charge in [-0.05, 0) is 0 Å². The minimum Gasteiger partial charge on any atom is -0.302 e. The molecule has 6 heteroatoms. The van der Waals surface area contributed by atoms with Crippen molar-refractivity contribution in [3.05, 3.63) is 0 Å². The third-order valence-electron chi connectivity index (χ3n) is 1.88. The number of carbonyl (C=O) groups is 1. The summed E-state index contributed by atoms with van der Waals surface area (Å²) >= 11 is 0. The molecule has 1 rings (SSSR count). The Hall–Kier alpha value is -0.460. The van der Waals surface area contributed by atoms with Crippen molar-refractivity contribution in [2.24, 2.45) is 0 Å². The van der Waals surface area contributed by atoms with E-state index in [1.54, 1.807) is 6.92 Å².